The van der Waals surface area contributed by atoms with Crippen LogP contribution in [0.25, 0.3) is 99.2 Å². The molecule has 4 nitrogen and oxygen atoms in total. The van der Waals surface area contributed by atoms with E-state index in [-0.39, 0.29) is 0 Å². The molecule has 0 spiro atoms. The molecule has 0 bridgehead atoms. The van der Waals surface area contributed by atoms with Crippen LogP contribution in [-0.2, 0) is 0 Å². The van der Waals surface area contributed by atoms with Gasteiger partial charge in [-0.05, 0) is 89.0 Å². The Morgan fingerprint density at radius 1 is 0.415 bits per heavy atom. The molecule has 0 saturated carbocycles. The fourth-order valence-corrected chi connectivity index (χ4v) is 8.46. The molecule has 0 atom stereocenters. The lowest BCUT2D eigenvalue weighted by atomic mass is 9.99. The number of para-hydroxylation sites is 3. The van der Waals surface area contributed by atoms with Crippen molar-refractivity contribution in [1.82, 2.24) is 9.13 Å². The summed E-state index contributed by atoms with van der Waals surface area (Å²) in [6.07, 6.45) is 0. The van der Waals surface area contributed by atoms with Crippen molar-refractivity contribution >= 4 is 65.6 Å². The van der Waals surface area contributed by atoms with Gasteiger partial charge in [0, 0.05) is 38.3 Å². The SMILES string of the molecule is N#Cc1cc(-c2cccc(-n3c4ccccc4c4c5oc6ccccc6c5ccc43)c2)cc(-n2c3ccccc3c3c(-c4ccccc4)cccc32)c1. The van der Waals surface area contributed by atoms with Crippen molar-refractivity contribution in [2.75, 3.05) is 0 Å². The van der Waals surface area contributed by atoms with Crippen LogP contribution in [0.5, 0.6) is 0 Å². The number of rotatable bonds is 4. The number of nitriles is 1. The molecule has 8 aromatic carbocycles. The molecular formula is C49H29N3O. The lowest BCUT2D eigenvalue weighted by molar-refractivity contribution is 0.673. The van der Waals surface area contributed by atoms with Crippen molar-refractivity contribution in [3.8, 4) is 39.7 Å². The van der Waals surface area contributed by atoms with Gasteiger partial charge in [-0.2, -0.15) is 5.26 Å². The minimum atomic E-state index is 0.609. The second kappa shape index (κ2) is 11.3. The molecule has 0 unspecified atom stereocenters. The van der Waals surface area contributed by atoms with Crippen molar-refractivity contribution < 1.29 is 4.42 Å². The summed E-state index contributed by atoms with van der Waals surface area (Å²) in [7, 11) is 0. The van der Waals surface area contributed by atoms with Crippen molar-refractivity contribution in [3.63, 3.8) is 0 Å². The highest BCUT2D eigenvalue weighted by molar-refractivity contribution is 6.24. The fourth-order valence-electron chi connectivity index (χ4n) is 8.46. The van der Waals surface area contributed by atoms with Gasteiger partial charge >= 0.3 is 0 Å². The maximum absolute atomic E-state index is 10.4. The first kappa shape index (κ1) is 29.4. The summed E-state index contributed by atoms with van der Waals surface area (Å²) < 4.78 is 11.2. The van der Waals surface area contributed by atoms with E-state index in [1.165, 1.54) is 21.9 Å². The summed E-state index contributed by atoms with van der Waals surface area (Å²) in [6, 6.07) is 64.1. The molecule has 0 aliphatic heterocycles. The normalized spacial score (nSPS) is 11.8. The van der Waals surface area contributed by atoms with Gasteiger partial charge in [0.15, 0.2) is 0 Å². The van der Waals surface area contributed by atoms with E-state index in [2.05, 4.69) is 167 Å². The number of aromatic nitrogens is 2. The predicted octanol–water partition coefficient (Wildman–Crippen LogP) is 13.0. The summed E-state index contributed by atoms with van der Waals surface area (Å²) in [6.45, 7) is 0. The maximum atomic E-state index is 10.4. The van der Waals surface area contributed by atoms with E-state index in [4.69, 9.17) is 4.42 Å². The number of hydrogen-bond acceptors (Lipinski definition) is 2. The molecule has 11 rings (SSSR count). The Labute approximate surface area is 304 Å². The lowest BCUT2D eigenvalue weighted by Crippen LogP contribution is -1.97. The van der Waals surface area contributed by atoms with E-state index in [0.717, 1.165) is 77.3 Å². The minimum absolute atomic E-state index is 0.609. The second-order valence-electron chi connectivity index (χ2n) is 13.6. The first-order valence-corrected chi connectivity index (χ1v) is 17.8. The van der Waals surface area contributed by atoms with Crippen molar-refractivity contribution in [3.05, 3.63) is 181 Å². The topological polar surface area (TPSA) is 46.8 Å². The molecule has 0 fully saturated rings. The van der Waals surface area contributed by atoms with Gasteiger partial charge < -0.3 is 13.6 Å². The molecule has 0 saturated heterocycles. The van der Waals surface area contributed by atoms with Crippen LogP contribution in [0.2, 0.25) is 0 Å². The number of hydrogen-bond donors (Lipinski definition) is 0. The second-order valence-corrected chi connectivity index (χ2v) is 13.6. The predicted molar refractivity (Wildman–Crippen MR) is 218 cm³/mol. The number of benzene rings is 8. The molecule has 11 aromatic rings. The first-order valence-electron chi connectivity index (χ1n) is 17.8. The van der Waals surface area contributed by atoms with Gasteiger partial charge in [0.05, 0.1) is 39.1 Å². The van der Waals surface area contributed by atoms with Gasteiger partial charge in [-0.3, -0.25) is 0 Å². The Morgan fingerprint density at radius 2 is 1.04 bits per heavy atom. The third-order valence-electron chi connectivity index (χ3n) is 10.7. The molecular weight excluding hydrogens is 647 g/mol. The van der Waals surface area contributed by atoms with Gasteiger partial charge in [-0.25, -0.2) is 0 Å². The number of fused-ring (bicyclic) bond motifs is 10. The molecule has 0 aliphatic rings. The van der Waals surface area contributed by atoms with Crippen molar-refractivity contribution in [2.24, 2.45) is 0 Å². The highest BCUT2D eigenvalue weighted by Gasteiger charge is 2.20. The van der Waals surface area contributed by atoms with Gasteiger partial charge in [0.2, 0.25) is 0 Å². The zero-order valence-electron chi connectivity index (χ0n) is 28.5. The Kier molecular flexibility index (Phi) is 6.28. The number of nitrogens with zero attached hydrogens (tertiary/aromatic N) is 3. The maximum Gasteiger partial charge on any atom is 0.145 e. The van der Waals surface area contributed by atoms with Crippen LogP contribution >= 0.6 is 0 Å². The van der Waals surface area contributed by atoms with Crippen molar-refractivity contribution in [2.45, 2.75) is 0 Å². The van der Waals surface area contributed by atoms with Gasteiger partial charge in [0.25, 0.3) is 0 Å². The molecule has 4 heteroatoms. The average molecular weight is 676 g/mol. The fraction of sp³-hybridized carbons (Fsp3) is 0. The molecule has 3 heterocycles. The Hall–Kier alpha value is -7.35. The van der Waals surface area contributed by atoms with Crippen LogP contribution in [0.3, 0.4) is 0 Å². The summed E-state index contributed by atoms with van der Waals surface area (Å²) in [5.74, 6) is 0. The largest absolute Gasteiger partial charge is 0.455 e. The molecule has 246 valence electrons. The smallest absolute Gasteiger partial charge is 0.145 e. The van der Waals surface area contributed by atoms with E-state index in [1.807, 2.05) is 24.3 Å². The van der Waals surface area contributed by atoms with E-state index >= 15 is 0 Å². The highest BCUT2D eigenvalue weighted by atomic mass is 16.3. The average Bonchev–Trinajstić information content (AvgIpc) is 3.89. The highest BCUT2D eigenvalue weighted by Crippen LogP contribution is 2.42. The van der Waals surface area contributed by atoms with Gasteiger partial charge in [-0.15, -0.1) is 0 Å². The zero-order valence-corrected chi connectivity index (χ0v) is 28.5. The molecule has 0 radical (unpaired) electrons. The van der Waals surface area contributed by atoms with Gasteiger partial charge in [0.1, 0.15) is 11.2 Å². The van der Waals surface area contributed by atoms with Gasteiger partial charge in [-0.1, -0.05) is 109 Å². The lowest BCUT2D eigenvalue weighted by Gasteiger charge is -2.13. The van der Waals surface area contributed by atoms with Crippen molar-refractivity contribution in [1.29, 1.82) is 5.26 Å². The Bertz CT molecular complexity index is 3300. The third kappa shape index (κ3) is 4.35. The molecule has 0 amide bonds. The third-order valence-corrected chi connectivity index (χ3v) is 10.7. The standard InChI is InChI=1S/C49H29N3O/c50-30-31-26-34(29-36(27-31)52-42-20-7-4-17-40(42)47-37(19-11-22-44(47)52)32-12-2-1-3-13-32)33-14-10-15-35(28-33)51-43-21-8-5-18-41(43)48-45(51)25-24-39-38-16-6-9-23-46(38)53-49(39)48/h1-29H. The monoisotopic (exact) mass is 675 g/mol. The van der Waals surface area contributed by atoms with E-state index in [9.17, 15) is 5.26 Å². The summed E-state index contributed by atoms with van der Waals surface area (Å²) in [4.78, 5) is 0. The van der Waals surface area contributed by atoms with Crippen LogP contribution in [0.1, 0.15) is 5.56 Å². The first-order chi connectivity index (χ1) is 26.2. The van der Waals surface area contributed by atoms with Crippen LogP contribution in [0.4, 0.5) is 0 Å². The minimum Gasteiger partial charge on any atom is -0.455 e. The summed E-state index contributed by atoms with van der Waals surface area (Å²) in [5.41, 5.74) is 13.2. The van der Waals surface area contributed by atoms with Crippen LogP contribution in [0.15, 0.2) is 180 Å². The summed E-state index contributed by atoms with van der Waals surface area (Å²) in [5, 5.41) is 17.2. The van der Waals surface area contributed by atoms with Crippen LogP contribution in [0, 0.1) is 11.3 Å². The van der Waals surface area contributed by atoms with Crippen LogP contribution < -0.4 is 0 Å². The molecule has 0 N–H and O–H groups in total. The quantitative estimate of drug-likeness (QED) is 0.186. The van der Waals surface area contributed by atoms with E-state index < -0.39 is 0 Å². The molecule has 0 aliphatic carbocycles. The van der Waals surface area contributed by atoms with Crippen LogP contribution in [-0.4, -0.2) is 9.13 Å². The molecule has 53 heavy (non-hydrogen) atoms. The zero-order chi connectivity index (χ0) is 35.0. The van der Waals surface area contributed by atoms with E-state index in [0.29, 0.717) is 5.56 Å². The Morgan fingerprint density at radius 3 is 1.85 bits per heavy atom. The molecule has 3 aromatic heterocycles. The Balaban J connectivity index is 1.12. The van der Waals surface area contributed by atoms with E-state index in [1.54, 1.807) is 0 Å². The summed E-state index contributed by atoms with van der Waals surface area (Å²) >= 11 is 0. The number of furan rings is 1.